The third-order valence-electron chi connectivity index (χ3n) is 1.39. The molecular weight excluding hydrogens is 132 g/mol. The van der Waals surface area contributed by atoms with Crippen molar-refractivity contribution in [2.45, 2.75) is 40.5 Å². The van der Waals surface area contributed by atoms with Gasteiger partial charge in [-0.15, -0.1) is 0 Å². The molecule has 0 saturated carbocycles. The largest absolute Gasteiger partial charge is 0.0958 e. The number of hydrogen-bond acceptors (Lipinski definition) is 0. The van der Waals surface area contributed by atoms with E-state index in [0.717, 1.165) is 6.42 Å². The van der Waals surface area contributed by atoms with Crippen molar-refractivity contribution in [2.24, 2.45) is 5.41 Å². The average Bonchev–Trinajstić information content (AvgIpc) is 1.83. The lowest BCUT2D eigenvalue weighted by Crippen LogP contribution is -1.98. The van der Waals surface area contributed by atoms with Crippen molar-refractivity contribution in [2.75, 3.05) is 0 Å². The van der Waals surface area contributed by atoms with Gasteiger partial charge in [0.15, 0.2) is 0 Å². The van der Waals surface area contributed by atoms with Crippen LogP contribution in [0.1, 0.15) is 40.5 Å². The molecule has 0 unspecified atom stereocenters. The van der Waals surface area contributed by atoms with Gasteiger partial charge in [0.05, 0.1) is 0 Å². The molecule has 0 fully saturated rings. The predicted octanol–water partition coefficient (Wildman–Crippen LogP) is 3.95. The van der Waals surface area contributed by atoms with Crippen molar-refractivity contribution < 1.29 is 0 Å². The Bertz CT molecular complexity index is 144. The van der Waals surface area contributed by atoms with Crippen LogP contribution in [0.25, 0.3) is 0 Å². The van der Waals surface area contributed by atoms with Crippen LogP contribution < -0.4 is 0 Å². The van der Waals surface area contributed by atoms with Crippen molar-refractivity contribution in [1.29, 1.82) is 0 Å². The van der Waals surface area contributed by atoms with Gasteiger partial charge in [-0.05, 0) is 11.8 Å². The first-order valence-electron chi connectivity index (χ1n) is 4.32. The molecule has 0 nitrogen and oxygen atoms in total. The van der Waals surface area contributed by atoms with Crippen molar-refractivity contribution in [3.05, 3.63) is 24.3 Å². The molecule has 0 rings (SSSR count). The second kappa shape index (κ2) is 4.38. The van der Waals surface area contributed by atoms with Crippen LogP contribution in [0, 0.1) is 5.41 Å². The van der Waals surface area contributed by atoms with E-state index in [-0.39, 0.29) is 5.41 Å². The first kappa shape index (κ1) is 10.5. The molecule has 11 heavy (non-hydrogen) atoms. The van der Waals surface area contributed by atoms with E-state index < -0.39 is 0 Å². The molecule has 0 atom stereocenters. The van der Waals surface area contributed by atoms with E-state index in [9.17, 15) is 0 Å². The molecule has 0 aromatic carbocycles. The Labute approximate surface area is 71.0 Å². The van der Waals surface area contributed by atoms with Crippen LogP contribution in [0.3, 0.4) is 0 Å². The molecule has 0 aromatic rings. The van der Waals surface area contributed by atoms with E-state index in [4.69, 9.17) is 0 Å². The summed E-state index contributed by atoms with van der Waals surface area (Å²) >= 11 is 0. The highest BCUT2D eigenvalue weighted by Crippen LogP contribution is 2.16. The first-order valence-corrected chi connectivity index (χ1v) is 4.32. The Kier molecular flexibility index (Phi) is 4.17. The molecule has 0 heteroatoms. The van der Waals surface area contributed by atoms with Crippen molar-refractivity contribution in [3.63, 3.8) is 0 Å². The SMILES string of the molecule is C=C(/C=C/C(C)(C)C)CCC. The maximum absolute atomic E-state index is 3.96. The van der Waals surface area contributed by atoms with Crippen molar-refractivity contribution in [3.8, 4) is 0 Å². The maximum Gasteiger partial charge on any atom is -0.0200 e. The molecule has 0 bridgehead atoms. The zero-order valence-electron chi connectivity index (χ0n) is 8.28. The molecule has 0 saturated heterocycles. The summed E-state index contributed by atoms with van der Waals surface area (Å²) in [6.07, 6.45) is 6.66. The summed E-state index contributed by atoms with van der Waals surface area (Å²) in [5.74, 6) is 0. The Morgan fingerprint density at radius 3 is 2.27 bits per heavy atom. The summed E-state index contributed by atoms with van der Waals surface area (Å²) in [5.41, 5.74) is 1.53. The van der Waals surface area contributed by atoms with E-state index in [2.05, 4.69) is 46.4 Å². The first-order chi connectivity index (χ1) is 4.95. The van der Waals surface area contributed by atoms with Crippen LogP contribution in [0.2, 0.25) is 0 Å². The van der Waals surface area contributed by atoms with Crippen LogP contribution in [0.5, 0.6) is 0 Å². The van der Waals surface area contributed by atoms with Crippen LogP contribution in [-0.4, -0.2) is 0 Å². The summed E-state index contributed by atoms with van der Waals surface area (Å²) in [5, 5.41) is 0. The smallest absolute Gasteiger partial charge is 0.0200 e. The monoisotopic (exact) mass is 152 g/mol. The predicted molar refractivity (Wildman–Crippen MR) is 52.6 cm³/mol. The third kappa shape index (κ3) is 7.38. The lowest BCUT2D eigenvalue weighted by molar-refractivity contribution is 0.543. The molecule has 0 amide bonds. The van der Waals surface area contributed by atoms with Gasteiger partial charge in [-0.25, -0.2) is 0 Å². The second-order valence-electron chi connectivity index (χ2n) is 4.11. The standard InChI is InChI=1S/C11H20/c1-6-7-10(2)8-9-11(3,4)5/h8-9H,2,6-7H2,1,3-5H3/b9-8+. The van der Waals surface area contributed by atoms with Gasteiger partial charge in [-0.1, -0.05) is 58.4 Å². The van der Waals surface area contributed by atoms with E-state index in [1.165, 1.54) is 12.0 Å². The highest BCUT2D eigenvalue weighted by atomic mass is 14.1. The van der Waals surface area contributed by atoms with Gasteiger partial charge in [-0.3, -0.25) is 0 Å². The summed E-state index contributed by atoms with van der Waals surface area (Å²) in [7, 11) is 0. The molecule has 0 aliphatic heterocycles. The molecule has 0 aromatic heterocycles. The molecular formula is C11H20. The zero-order chi connectivity index (χ0) is 8.91. The quantitative estimate of drug-likeness (QED) is 0.537. The molecule has 64 valence electrons. The topological polar surface area (TPSA) is 0 Å². The zero-order valence-corrected chi connectivity index (χ0v) is 8.28. The Morgan fingerprint density at radius 1 is 1.36 bits per heavy atom. The van der Waals surface area contributed by atoms with Gasteiger partial charge >= 0.3 is 0 Å². The normalized spacial score (nSPS) is 12.4. The van der Waals surface area contributed by atoms with Gasteiger partial charge < -0.3 is 0 Å². The van der Waals surface area contributed by atoms with E-state index in [1.54, 1.807) is 0 Å². The van der Waals surface area contributed by atoms with Gasteiger partial charge in [0, 0.05) is 0 Å². The highest BCUT2D eigenvalue weighted by molar-refractivity contribution is 5.15. The minimum atomic E-state index is 0.288. The fraction of sp³-hybridized carbons (Fsp3) is 0.636. The minimum Gasteiger partial charge on any atom is -0.0958 e. The molecule has 0 N–H and O–H groups in total. The van der Waals surface area contributed by atoms with Crippen LogP contribution in [0.15, 0.2) is 24.3 Å². The van der Waals surface area contributed by atoms with E-state index in [1.807, 2.05) is 0 Å². The molecule has 0 aliphatic carbocycles. The van der Waals surface area contributed by atoms with Gasteiger partial charge in [0.1, 0.15) is 0 Å². The van der Waals surface area contributed by atoms with Crippen molar-refractivity contribution >= 4 is 0 Å². The fourth-order valence-electron chi connectivity index (χ4n) is 0.772. The fourth-order valence-corrected chi connectivity index (χ4v) is 0.772. The summed E-state index contributed by atoms with van der Waals surface area (Å²) in [4.78, 5) is 0. The lowest BCUT2D eigenvalue weighted by Gasteiger charge is -2.11. The highest BCUT2D eigenvalue weighted by Gasteiger charge is 2.02. The Morgan fingerprint density at radius 2 is 1.91 bits per heavy atom. The Balaban J connectivity index is 3.83. The minimum absolute atomic E-state index is 0.288. The van der Waals surface area contributed by atoms with Crippen LogP contribution in [0.4, 0.5) is 0 Å². The number of rotatable bonds is 3. The summed E-state index contributed by atoms with van der Waals surface area (Å²) < 4.78 is 0. The molecule has 0 heterocycles. The van der Waals surface area contributed by atoms with Crippen molar-refractivity contribution in [1.82, 2.24) is 0 Å². The molecule has 0 aliphatic rings. The van der Waals surface area contributed by atoms with Crippen LogP contribution >= 0.6 is 0 Å². The third-order valence-corrected chi connectivity index (χ3v) is 1.39. The van der Waals surface area contributed by atoms with E-state index in [0.29, 0.717) is 0 Å². The molecule has 0 radical (unpaired) electrons. The number of allylic oxidation sites excluding steroid dienone is 3. The summed E-state index contributed by atoms with van der Waals surface area (Å²) in [6.45, 7) is 12.7. The maximum atomic E-state index is 3.96. The van der Waals surface area contributed by atoms with Gasteiger partial charge in [0.25, 0.3) is 0 Å². The van der Waals surface area contributed by atoms with Crippen LogP contribution in [-0.2, 0) is 0 Å². The Hall–Kier alpha value is -0.520. The van der Waals surface area contributed by atoms with Gasteiger partial charge in [-0.2, -0.15) is 0 Å². The lowest BCUT2D eigenvalue weighted by atomic mass is 9.95. The molecule has 0 spiro atoms. The van der Waals surface area contributed by atoms with Gasteiger partial charge in [0.2, 0.25) is 0 Å². The summed E-state index contributed by atoms with van der Waals surface area (Å²) in [6, 6.07) is 0. The average molecular weight is 152 g/mol. The second-order valence-corrected chi connectivity index (χ2v) is 4.11. The number of hydrogen-bond donors (Lipinski definition) is 0. The van der Waals surface area contributed by atoms with E-state index >= 15 is 0 Å².